The molecule has 0 bridgehead atoms. The van der Waals surface area contributed by atoms with Gasteiger partial charge in [-0.1, -0.05) is 23.7 Å². The second-order valence-electron chi connectivity index (χ2n) is 9.56. The first kappa shape index (κ1) is 29.7. The van der Waals surface area contributed by atoms with Crippen LogP contribution in [0.15, 0.2) is 104 Å². The number of hydrogen-bond acceptors (Lipinski definition) is 8. The van der Waals surface area contributed by atoms with E-state index in [-0.39, 0.29) is 27.4 Å². The highest BCUT2D eigenvalue weighted by molar-refractivity contribution is 9.10. The lowest BCUT2D eigenvalue weighted by atomic mass is 10.2. The lowest BCUT2D eigenvalue weighted by Gasteiger charge is -2.10. The van der Waals surface area contributed by atoms with Crippen LogP contribution in [0.1, 0.15) is 5.56 Å². The predicted octanol–water partition coefficient (Wildman–Crippen LogP) is 7.17. The highest BCUT2D eigenvalue weighted by Gasteiger charge is 2.22. The van der Waals surface area contributed by atoms with Crippen LogP contribution in [-0.2, 0) is 4.79 Å². The second-order valence-corrected chi connectivity index (χ2v) is 10.8. The lowest BCUT2D eigenvalue weighted by Crippen LogP contribution is -2.20. The Bertz CT molecular complexity index is 2220. The van der Waals surface area contributed by atoms with Gasteiger partial charge in [-0.2, -0.15) is 9.78 Å². The van der Waals surface area contributed by atoms with E-state index in [1.54, 1.807) is 48.5 Å². The van der Waals surface area contributed by atoms with E-state index < -0.39 is 34.5 Å². The molecule has 0 saturated carbocycles. The van der Waals surface area contributed by atoms with E-state index in [1.807, 2.05) is 0 Å². The number of carbonyl (C=O) groups is 1. The van der Waals surface area contributed by atoms with Crippen LogP contribution in [0, 0.1) is 15.9 Å². The number of furan rings is 1. The molecule has 0 aliphatic carbocycles. The molecule has 2 heterocycles. The van der Waals surface area contributed by atoms with Crippen molar-refractivity contribution in [3.05, 3.63) is 126 Å². The van der Waals surface area contributed by atoms with Gasteiger partial charge in [0.1, 0.15) is 11.4 Å². The number of amides is 1. The van der Waals surface area contributed by atoms with E-state index in [4.69, 9.17) is 20.8 Å². The number of benzene rings is 4. The van der Waals surface area contributed by atoms with Gasteiger partial charge in [0.2, 0.25) is 11.6 Å². The normalized spacial score (nSPS) is 11.4. The number of rotatable bonds is 8. The lowest BCUT2D eigenvalue weighted by molar-refractivity contribution is -0.385. The summed E-state index contributed by atoms with van der Waals surface area (Å²) in [4.78, 5) is 41.8. The van der Waals surface area contributed by atoms with Crippen molar-refractivity contribution < 1.29 is 23.3 Å². The maximum absolute atomic E-state index is 13.6. The fraction of sp³-hybridized carbons (Fsp3) is 0.0323. The number of para-hydroxylation sites is 1. The molecule has 4 aromatic carbocycles. The third-order valence-electron chi connectivity index (χ3n) is 6.49. The molecule has 0 fully saturated rings. The summed E-state index contributed by atoms with van der Waals surface area (Å²) in [7, 11) is 0. The Morgan fingerprint density at radius 2 is 1.91 bits per heavy atom. The van der Waals surface area contributed by atoms with Crippen molar-refractivity contribution in [1.82, 2.24) is 9.66 Å². The van der Waals surface area contributed by atoms with Crippen LogP contribution in [0.3, 0.4) is 0 Å². The number of nitro groups is 1. The molecule has 0 radical (unpaired) electrons. The van der Waals surface area contributed by atoms with Crippen LogP contribution in [0.5, 0.6) is 5.75 Å². The van der Waals surface area contributed by atoms with Gasteiger partial charge in [0.15, 0.2) is 12.4 Å². The van der Waals surface area contributed by atoms with Gasteiger partial charge in [-0.05, 0) is 82.7 Å². The zero-order chi connectivity index (χ0) is 31.7. The SMILES string of the molecule is O=C(COc1c(Br)cc(C=Nn2c(-c3cc4cc(Cl)ccc4o3)nc3ccccc3c2=O)cc1[N+](=O)[O-])Nc1ccc(F)cc1. The molecule has 6 aromatic rings. The van der Waals surface area contributed by atoms with Gasteiger partial charge >= 0.3 is 5.69 Å². The Balaban J connectivity index is 1.34. The standard InChI is InChI=1S/C31H18BrClFN5O6/c32-23-11-17(12-25(39(42)43)29(23)44-16-28(40)36-21-8-6-20(34)7-9-21)15-35-38-30(37-24-4-2-1-3-22(24)31(38)41)27-14-18-13-19(33)5-10-26(18)45-27/h1-15H,16H2,(H,36,40). The summed E-state index contributed by atoms with van der Waals surface area (Å²) in [6, 6.07) is 21.3. The maximum Gasteiger partial charge on any atom is 0.312 e. The van der Waals surface area contributed by atoms with Gasteiger partial charge in [0, 0.05) is 27.7 Å². The Labute approximate surface area is 265 Å². The number of ether oxygens (including phenoxy) is 1. The molecule has 2 aromatic heterocycles. The molecule has 1 amide bonds. The van der Waals surface area contributed by atoms with E-state index in [2.05, 4.69) is 31.3 Å². The number of nitrogens with zero attached hydrogens (tertiary/aromatic N) is 4. The maximum atomic E-state index is 13.6. The number of halogens is 3. The van der Waals surface area contributed by atoms with Gasteiger partial charge in [0.05, 0.1) is 26.5 Å². The van der Waals surface area contributed by atoms with Crippen LogP contribution in [0.2, 0.25) is 5.02 Å². The molecule has 14 heteroatoms. The number of nitrogens with one attached hydrogen (secondary N) is 1. The summed E-state index contributed by atoms with van der Waals surface area (Å²) in [5.74, 6) is -0.926. The van der Waals surface area contributed by atoms with E-state index in [9.17, 15) is 24.1 Å². The van der Waals surface area contributed by atoms with Crippen molar-refractivity contribution in [2.24, 2.45) is 5.10 Å². The Kier molecular flexibility index (Phi) is 8.11. The summed E-state index contributed by atoms with van der Waals surface area (Å²) in [5, 5.41) is 20.3. The minimum atomic E-state index is -0.677. The van der Waals surface area contributed by atoms with E-state index in [1.165, 1.54) is 42.6 Å². The average molecular weight is 691 g/mol. The van der Waals surface area contributed by atoms with Gasteiger partial charge in [0.25, 0.3) is 11.5 Å². The van der Waals surface area contributed by atoms with Crippen LogP contribution in [0.25, 0.3) is 33.5 Å². The van der Waals surface area contributed by atoms with Gasteiger partial charge < -0.3 is 14.5 Å². The van der Waals surface area contributed by atoms with Crippen LogP contribution < -0.4 is 15.6 Å². The summed E-state index contributed by atoms with van der Waals surface area (Å²) in [5.41, 5.74) is 0.554. The van der Waals surface area contributed by atoms with Gasteiger partial charge in [-0.3, -0.25) is 19.7 Å². The first-order chi connectivity index (χ1) is 21.7. The molecular weight excluding hydrogens is 673 g/mol. The second kappa shape index (κ2) is 12.3. The molecule has 0 saturated heterocycles. The molecule has 0 unspecified atom stereocenters. The smallest absolute Gasteiger partial charge is 0.312 e. The first-order valence-corrected chi connectivity index (χ1v) is 14.2. The summed E-state index contributed by atoms with van der Waals surface area (Å²) < 4.78 is 25.8. The number of nitro benzene ring substituents is 1. The quantitative estimate of drug-likeness (QED) is 0.101. The number of hydrogen-bond donors (Lipinski definition) is 1. The molecule has 45 heavy (non-hydrogen) atoms. The van der Waals surface area contributed by atoms with Crippen molar-refractivity contribution >= 4 is 72.9 Å². The third-order valence-corrected chi connectivity index (χ3v) is 7.32. The first-order valence-electron chi connectivity index (χ1n) is 13.1. The molecule has 0 atom stereocenters. The number of fused-ring (bicyclic) bond motifs is 2. The van der Waals surface area contributed by atoms with Crippen molar-refractivity contribution in [2.75, 3.05) is 11.9 Å². The van der Waals surface area contributed by atoms with E-state index >= 15 is 0 Å². The third kappa shape index (κ3) is 6.30. The highest BCUT2D eigenvalue weighted by atomic mass is 79.9. The van der Waals surface area contributed by atoms with Crippen LogP contribution in [0.4, 0.5) is 15.8 Å². The molecule has 6 rings (SSSR count). The topological polar surface area (TPSA) is 142 Å². The largest absolute Gasteiger partial charge is 0.476 e. The Morgan fingerprint density at radius 1 is 1.13 bits per heavy atom. The number of carbonyl (C=O) groups excluding carboxylic acids is 1. The van der Waals surface area contributed by atoms with Crippen LogP contribution >= 0.6 is 27.5 Å². The predicted molar refractivity (Wildman–Crippen MR) is 171 cm³/mol. The monoisotopic (exact) mass is 689 g/mol. The molecule has 0 spiro atoms. The number of aromatic nitrogens is 2. The Morgan fingerprint density at radius 3 is 2.69 bits per heavy atom. The van der Waals surface area contributed by atoms with E-state index in [0.717, 1.165) is 4.68 Å². The number of anilines is 1. The Hall–Kier alpha value is -5.40. The van der Waals surface area contributed by atoms with Crippen molar-refractivity contribution in [3.8, 4) is 17.3 Å². The summed E-state index contributed by atoms with van der Waals surface area (Å²) in [6.45, 7) is -0.561. The minimum Gasteiger partial charge on any atom is -0.476 e. The molecular formula is C31H18BrClFN5O6. The zero-order valence-corrected chi connectivity index (χ0v) is 25.1. The summed E-state index contributed by atoms with van der Waals surface area (Å²) >= 11 is 9.40. The fourth-order valence-corrected chi connectivity index (χ4v) is 5.22. The minimum absolute atomic E-state index is 0.1000. The molecule has 0 aliphatic heterocycles. The molecule has 1 N–H and O–H groups in total. The van der Waals surface area contributed by atoms with Crippen molar-refractivity contribution in [3.63, 3.8) is 0 Å². The zero-order valence-electron chi connectivity index (χ0n) is 22.7. The van der Waals surface area contributed by atoms with Gasteiger partial charge in [-0.25, -0.2) is 9.37 Å². The molecule has 224 valence electrons. The van der Waals surface area contributed by atoms with Crippen molar-refractivity contribution in [1.29, 1.82) is 0 Å². The molecule has 0 aliphatic rings. The highest BCUT2D eigenvalue weighted by Crippen LogP contribution is 2.36. The van der Waals surface area contributed by atoms with Gasteiger partial charge in [-0.15, -0.1) is 0 Å². The average Bonchev–Trinajstić information content (AvgIpc) is 3.44. The van der Waals surface area contributed by atoms with Crippen LogP contribution in [-0.4, -0.2) is 33.3 Å². The fourth-order valence-electron chi connectivity index (χ4n) is 4.46. The van der Waals surface area contributed by atoms with E-state index in [0.29, 0.717) is 32.6 Å². The van der Waals surface area contributed by atoms with Crippen molar-refractivity contribution in [2.45, 2.75) is 0 Å². The molecule has 11 nitrogen and oxygen atoms in total. The summed E-state index contributed by atoms with van der Waals surface area (Å²) in [6.07, 6.45) is 1.25.